The first-order valence-corrected chi connectivity index (χ1v) is 11.7. The van der Waals surface area contributed by atoms with Gasteiger partial charge in [0.05, 0.1) is 6.33 Å². The van der Waals surface area contributed by atoms with E-state index in [2.05, 4.69) is 20.6 Å². The zero-order chi connectivity index (χ0) is 26.8. The monoisotopic (exact) mass is 506 g/mol. The molecule has 0 saturated heterocycles. The van der Waals surface area contributed by atoms with Crippen molar-refractivity contribution in [2.24, 2.45) is 0 Å². The molecule has 1 aromatic heterocycles. The number of nitrogens with one attached hydrogen (secondary N) is 3. The lowest BCUT2D eigenvalue weighted by atomic mass is 10.1. The highest BCUT2D eigenvalue weighted by atomic mass is 16.6. The van der Waals surface area contributed by atoms with E-state index in [4.69, 9.17) is 9.47 Å². The third-order valence-electron chi connectivity index (χ3n) is 4.99. The lowest BCUT2D eigenvalue weighted by molar-refractivity contribution is -0.153. The summed E-state index contributed by atoms with van der Waals surface area (Å²) in [4.78, 5) is 57.1. The average Bonchev–Trinajstić information content (AvgIpc) is 3.36. The molecule has 0 unspecified atom stereocenters. The van der Waals surface area contributed by atoms with Crippen molar-refractivity contribution in [2.45, 2.75) is 45.4 Å². The smallest absolute Gasteiger partial charge is 0.329 e. The first-order valence-electron chi connectivity index (χ1n) is 11.7. The summed E-state index contributed by atoms with van der Waals surface area (Å²) >= 11 is 0. The second-order valence-corrected chi connectivity index (χ2v) is 9.20. The number of esters is 2. The number of hydrogen-bond donors (Lipinski definition) is 3. The maximum Gasteiger partial charge on any atom is 0.329 e. The summed E-state index contributed by atoms with van der Waals surface area (Å²) < 4.78 is 10.6. The predicted octanol–water partition coefficient (Wildman–Crippen LogP) is 2.57. The second kappa shape index (κ2) is 12.5. The van der Waals surface area contributed by atoms with E-state index >= 15 is 0 Å². The molecule has 0 fully saturated rings. The Kier molecular flexibility index (Phi) is 9.15. The predicted molar refractivity (Wildman–Crippen MR) is 134 cm³/mol. The topological polar surface area (TPSA) is 139 Å². The van der Waals surface area contributed by atoms with Gasteiger partial charge in [0.25, 0.3) is 11.8 Å². The minimum absolute atomic E-state index is 0.0432. The summed E-state index contributed by atoms with van der Waals surface area (Å²) in [5.41, 5.74) is 0.524. The van der Waals surface area contributed by atoms with Crippen molar-refractivity contribution < 1.29 is 28.7 Å². The molecule has 1 heterocycles. The van der Waals surface area contributed by atoms with Crippen LogP contribution in [0.2, 0.25) is 0 Å². The van der Waals surface area contributed by atoms with Crippen molar-refractivity contribution in [3.63, 3.8) is 0 Å². The zero-order valence-corrected chi connectivity index (χ0v) is 20.9. The van der Waals surface area contributed by atoms with Crippen LogP contribution < -0.4 is 10.6 Å². The molecule has 0 aliphatic carbocycles. The van der Waals surface area contributed by atoms with E-state index in [1.165, 1.54) is 6.33 Å². The standard InChI is InChI=1S/C27H30N4O6/c1-27(2,3)37-21(32)15-28-24(33)22-23(30-17-29-22)25(34)31-20(14-18-10-6-4-7-11-18)26(35)36-16-19-12-8-5-9-13-19/h4-13,17,20H,14-16H2,1-3H3,(H,28,33)(H,29,30)(H,31,34)/t20-/m0/s1. The van der Waals surface area contributed by atoms with Gasteiger partial charge < -0.3 is 25.1 Å². The van der Waals surface area contributed by atoms with Crippen molar-refractivity contribution in [3.8, 4) is 0 Å². The van der Waals surface area contributed by atoms with E-state index in [0.717, 1.165) is 11.1 Å². The van der Waals surface area contributed by atoms with Gasteiger partial charge in [-0.1, -0.05) is 60.7 Å². The number of hydrogen-bond acceptors (Lipinski definition) is 7. The van der Waals surface area contributed by atoms with Gasteiger partial charge in [0.1, 0.15) is 30.5 Å². The molecular formula is C27H30N4O6. The molecule has 10 nitrogen and oxygen atoms in total. The summed E-state index contributed by atoms with van der Waals surface area (Å²) in [5.74, 6) is -2.73. The SMILES string of the molecule is CC(C)(C)OC(=O)CNC(=O)c1[nH]cnc1C(=O)N[C@@H](Cc1ccccc1)C(=O)OCc1ccccc1. The third-order valence-corrected chi connectivity index (χ3v) is 4.99. The Labute approximate surface area is 214 Å². The number of ether oxygens (including phenoxy) is 2. The maximum absolute atomic E-state index is 13.1. The fourth-order valence-corrected chi connectivity index (χ4v) is 3.36. The minimum Gasteiger partial charge on any atom is -0.459 e. The van der Waals surface area contributed by atoms with Gasteiger partial charge in [0.2, 0.25) is 0 Å². The Balaban J connectivity index is 1.69. The number of carbonyl (C=O) groups is 4. The van der Waals surface area contributed by atoms with E-state index in [1.807, 2.05) is 60.7 Å². The van der Waals surface area contributed by atoms with Gasteiger partial charge in [-0.2, -0.15) is 0 Å². The Hall–Kier alpha value is -4.47. The van der Waals surface area contributed by atoms with Crippen molar-refractivity contribution in [2.75, 3.05) is 6.54 Å². The number of nitrogens with zero attached hydrogens (tertiary/aromatic N) is 1. The lowest BCUT2D eigenvalue weighted by Gasteiger charge is -2.19. The molecular weight excluding hydrogens is 476 g/mol. The molecule has 2 amide bonds. The minimum atomic E-state index is -1.03. The third kappa shape index (κ3) is 8.60. The van der Waals surface area contributed by atoms with Gasteiger partial charge in [0.15, 0.2) is 5.69 Å². The molecule has 3 aromatic rings. The Bertz CT molecular complexity index is 1220. The molecule has 0 saturated carbocycles. The van der Waals surface area contributed by atoms with Gasteiger partial charge in [-0.25, -0.2) is 9.78 Å². The number of amides is 2. The Morgan fingerprint density at radius 1 is 0.919 bits per heavy atom. The van der Waals surface area contributed by atoms with E-state index < -0.39 is 41.9 Å². The number of benzene rings is 2. The van der Waals surface area contributed by atoms with Crippen LogP contribution in [-0.2, 0) is 32.1 Å². The number of imidazole rings is 1. The van der Waals surface area contributed by atoms with Gasteiger partial charge in [-0.3, -0.25) is 14.4 Å². The Morgan fingerprint density at radius 3 is 2.16 bits per heavy atom. The van der Waals surface area contributed by atoms with Crippen LogP contribution in [0.25, 0.3) is 0 Å². The summed E-state index contributed by atoms with van der Waals surface area (Å²) in [6.07, 6.45) is 1.35. The molecule has 0 aliphatic heterocycles. The van der Waals surface area contributed by atoms with Crippen molar-refractivity contribution in [1.29, 1.82) is 0 Å². The molecule has 3 rings (SSSR count). The molecule has 1 atom stereocenters. The molecule has 2 aromatic carbocycles. The number of rotatable bonds is 10. The fourth-order valence-electron chi connectivity index (χ4n) is 3.36. The normalized spacial score (nSPS) is 11.8. The highest BCUT2D eigenvalue weighted by Crippen LogP contribution is 2.10. The van der Waals surface area contributed by atoms with E-state index in [-0.39, 0.29) is 24.4 Å². The van der Waals surface area contributed by atoms with E-state index in [9.17, 15) is 19.2 Å². The van der Waals surface area contributed by atoms with Crippen molar-refractivity contribution in [1.82, 2.24) is 20.6 Å². The van der Waals surface area contributed by atoms with Gasteiger partial charge in [-0.05, 0) is 31.9 Å². The number of aromatic nitrogens is 2. The van der Waals surface area contributed by atoms with Gasteiger partial charge in [0, 0.05) is 6.42 Å². The number of aromatic amines is 1. The van der Waals surface area contributed by atoms with Crippen LogP contribution in [0, 0.1) is 0 Å². The molecule has 194 valence electrons. The molecule has 37 heavy (non-hydrogen) atoms. The molecule has 0 spiro atoms. The van der Waals surface area contributed by atoms with Gasteiger partial charge >= 0.3 is 11.9 Å². The fraction of sp³-hybridized carbons (Fsp3) is 0.296. The highest BCUT2D eigenvalue weighted by Gasteiger charge is 2.28. The second-order valence-electron chi connectivity index (χ2n) is 9.20. The first-order chi connectivity index (χ1) is 17.6. The molecule has 0 bridgehead atoms. The number of carbonyl (C=O) groups excluding carboxylic acids is 4. The average molecular weight is 507 g/mol. The zero-order valence-electron chi connectivity index (χ0n) is 20.9. The highest BCUT2D eigenvalue weighted by molar-refractivity contribution is 6.06. The molecule has 10 heteroatoms. The van der Waals surface area contributed by atoms with Crippen molar-refractivity contribution in [3.05, 3.63) is 89.5 Å². The van der Waals surface area contributed by atoms with Crippen molar-refractivity contribution >= 4 is 23.8 Å². The van der Waals surface area contributed by atoms with Crippen LogP contribution in [0.3, 0.4) is 0 Å². The number of H-pyrrole nitrogens is 1. The molecule has 3 N–H and O–H groups in total. The van der Waals surface area contributed by atoms with Crippen LogP contribution in [0.5, 0.6) is 0 Å². The first kappa shape index (κ1) is 27.1. The van der Waals surface area contributed by atoms with Crippen LogP contribution in [-0.4, -0.2) is 51.9 Å². The Morgan fingerprint density at radius 2 is 1.54 bits per heavy atom. The summed E-state index contributed by atoms with van der Waals surface area (Å²) in [5, 5.41) is 5.03. The van der Waals surface area contributed by atoms with E-state index in [1.54, 1.807) is 20.8 Å². The molecule has 0 radical (unpaired) electrons. The summed E-state index contributed by atoms with van der Waals surface area (Å²) in [6, 6.07) is 17.3. The molecule has 0 aliphatic rings. The van der Waals surface area contributed by atoms with Gasteiger partial charge in [-0.15, -0.1) is 0 Å². The van der Waals surface area contributed by atoms with Crippen LogP contribution in [0.4, 0.5) is 0 Å². The van der Waals surface area contributed by atoms with Crippen LogP contribution in [0.1, 0.15) is 52.9 Å². The van der Waals surface area contributed by atoms with E-state index in [0.29, 0.717) is 0 Å². The maximum atomic E-state index is 13.1. The summed E-state index contributed by atoms with van der Waals surface area (Å²) in [7, 11) is 0. The summed E-state index contributed by atoms with van der Waals surface area (Å²) in [6.45, 7) is 4.78. The lowest BCUT2D eigenvalue weighted by Crippen LogP contribution is -2.44. The van der Waals surface area contributed by atoms with Crippen LogP contribution >= 0.6 is 0 Å². The quantitative estimate of drug-likeness (QED) is 0.359. The van der Waals surface area contributed by atoms with Crippen LogP contribution in [0.15, 0.2) is 67.0 Å². The largest absolute Gasteiger partial charge is 0.459 e.